The fourth-order valence-corrected chi connectivity index (χ4v) is 2.44. The molecule has 1 aromatic carbocycles. The molecule has 0 atom stereocenters. The van der Waals surface area contributed by atoms with E-state index in [2.05, 4.69) is 15.5 Å². The maximum Gasteiger partial charge on any atom is 0.312 e. The first kappa shape index (κ1) is 16.8. The Morgan fingerprint density at radius 1 is 0.957 bits per heavy atom. The number of benzene rings is 1. The van der Waals surface area contributed by atoms with Gasteiger partial charge in [0.15, 0.2) is 0 Å². The Balaban J connectivity index is 1.74. The fraction of sp³-hybridized carbons (Fsp3) is 0.438. The Morgan fingerprint density at radius 2 is 1.57 bits per heavy atom. The highest BCUT2D eigenvalue weighted by Crippen LogP contribution is 2.15. The summed E-state index contributed by atoms with van der Waals surface area (Å²) in [5, 5.41) is 5.08. The number of carbonyl (C=O) groups excluding carboxylic acids is 3. The molecule has 1 fully saturated rings. The number of hydrogen-bond donors (Lipinski definition) is 2. The Hall–Kier alpha value is -2.57. The van der Waals surface area contributed by atoms with E-state index in [4.69, 9.17) is 0 Å². The third-order valence-corrected chi connectivity index (χ3v) is 3.67. The molecule has 23 heavy (non-hydrogen) atoms. The summed E-state index contributed by atoms with van der Waals surface area (Å²) in [5.41, 5.74) is 1.12. The summed E-state index contributed by atoms with van der Waals surface area (Å²) in [4.78, 5) is 38.4. The van der Waals surface area contributed by atoms with Gasteiger partial charge >= 0.3 is 11.8 Å². The largest absolute Gasteiger partial charge is 0.368 e. The quantitative estimate of drug-likeness (QED) is 0.584. The van der Waals surface area contributed by atoms with E-state index >= 15 is 0 Å². The maximum absolute atomic E-state index is 12.1. The first-order valence-corrected chi connectivity index (χ1v) is 7.69. The third kappa shape index (κ3) is 4.98. The number of para-hydroxylation sites is 1. The van der Waals surface area contributed by atoms with Crippen molar-refractivity contribution >= 4 is 23.4 Å². The van der Waals surface area contributed by atoms with Crippen molar-refractivity contribution in [3.05, 3.63) is 30.3 Å². The van der Waals surface area contributed by atoms with Gasteiger partial charge in [0.25, 0.3) is 0 Å². The molecular weight excluding hydrogens is 296 g/mol. The SMILES string of the molecule is CC(=O)NCCNC(=O)C(=O)N1CCN(c2ccccc2)CC1. The summed E-state index contributed by atoms with van der Waals surface area (Å²) in [6.45, 7) is 4.41. The molecule has 0 bridgehead atoms. The lowest BCUT2D eigenvalue weighted by Crippen LogP contribution is -2.53. The lowest BCUT2D eigenvalue weighted by Gasteiger charge is -2.35. The standard InChI is InChI=1S/C16H22N4O3/c1-13(21)17-7-8-18-15(22)16(23)20-11-9-19(10-12-20)14-5-3-2-4-6-14/h2-6H,7-12H2,1H3,(H,17,21)(H,18,22). The number of piperazine rings is 1. The molecule has 0 saturated carbocycles. The Kier molecular flexibility index (Phi) is 5.96. The highest BCUT2D eigenvalue weighted by molar-refractivity contribution is 6.35. The molecule has 1 heterocycles. The van der Waals surface area contributed by atoms with Gasteiger partial charge in [0, 0.05) is 51.9 Å². The molecule has 0 unspecified atom stereocenters. The lowest BCUT2D eigenvalue weighted by atomic mass is 10.2. The number of carbonyl (C=O) groups is 3. The molecule has 1 aliphatic heterocycles. The van der Waals surface area contributed by atoms with Crippen LogP contribution in [0.5, 0.6) is 0 Å². The van der Waals surface area contributed by atoms with Gasteiger partial charge in [-0.3, -0.25) is 14.4 Å². The van der Waals surface area contributed by atoms with Crippen LogP contribution in [0.4, 0.5) is 5.69 Å². The Bertz CT molecular complexity index is 554. The highest BCUT2D eigenvalue weighted by Gasteiger charge is 2.25. The van der Waals surface area contributed by atoms with Crippen molar-refractivity contribution in [2.45, 2.75) is 6.92 Å². The van der Waals surface area contributed by atoms with Gasteiger partial charge < -0.3 is 20.4 Å². The monoisotopic (exact) mass is 318 g/mol. The first-order valence-electron chi connectivity index (χ1n) is 7.69. The van der Waals surface area contributed by atoms with Gasteiger partial charge in [0.2, 0.25) is 5.91 Å². The number of nitrogens with one attached hydrogen (secondary N) is 2. The zero-order valence-corrected chi connectivity index (χ0v) is 13.2. The highest BCUT2D eigenvalue weighted by atomic mass is 16.2. The second kappa shape index (κ2) is 8.17. The van der Waals surface area contributed by atoms with Crippen LogP contribution < -0.4 is 15.5 Å². The number of rotatable bonds is 4. The second-order valence-electron chi connectivity index (χ2n) is 5.35. The average molecular weight is 318 g/mol. The van der Waals surface area contributed by atoms with Gasteiger partial charge in [0.1, 0.15) is 0 Å². The normalized spacial score (nSPS) is 14.3. The van der Waals surface area contributed by atoms with E-state index in [-0.39, 0.29) is 12.5 Å². The molecule has 0 aromatic heterocycles. The van der Waals surface area contributed by atoms with Crippen LogP contribution >= 0.6 is 0 Å². The zero-order valence-electron chi connectivity index (χ0n) is 13.2. The first-order chi connectivity index (χ1) is 11.1. The number of anilines is 1. The summed E-state index contributed by atoms with van der Waals surface area (Å²) in [6.07, 6.45) is 0. The molecule has 0 spiro atoms. The van der Waals surface area contributed by atoms with Crippen molar-refractivity contribution in [3.8, 4) is 0 Å². The predicted molar refractivity (Wildman–Crippen MR) is 86.9 cm³/mol. The van der Waals surface area contributed by atoms with Crippen molar-refractivity contribution in [1.29, 1.82) is 0 Å². The molecule has 7 nitrogen and oxygen atoms in total. The molecule has 124 valence electrons. The third-order valence-electron chi connectivity index (χ3n) is 3.67. The van der Waals surface area contributed by atoms with Gasteiger partial charge in [-0.05, 0) is 12.1 Å². The Labute approximate surface area is 135 Å². The summed E-state index contributed by atoms with van der Waals surface area (Å²) in [7, 11) is 0. The van der Waals surface area contributed by atoms with E-state index in [1.54, 1.807) is 4.90 Å². The topological polar surface area (TPSA) is 81.8 Å². The van der Waals surface area contributed by atoms with Gasteiger partial charge in [-0.1, -0.05) is 18.2 Å². The van der Waals surface area contributed by atoms with E-state index in [0.717, 1.165) is 5.69 Å². The minimum atomic E-state index is -0.622. The van der Waals surface area contributed by atoms with Crippen LogP contribution in [0.3, 0.4) is 0 Å². The summed E-state index contributed by atoms with van der Waals surface area (Å²) in [6, 6.07) is 10.00. The molecule has 1 aromatic rings. The predicted octanol–water partition coefficient (Wildman–Crippen LogP) is -0.412. The van der Waals surface area contributed by atoms with Crippen LogP contribution in [0.15, 0.2) is 30.3 Å². The van der Waals surface area contributed by atoms with Crippen LogP contribution in [0.1, 0.15) is 6.92 Å². The van der Waals surface area contributed by atoms with E-state index in [1.165, 1.54) is 6.92 Å². The molecule has 2 N–H and O–H groups in total. The number of amides is 3. The van der Waals surface area contributed by atoms with E-state index < -0.39 is 11.8 Å². The van der Waals surface area contributed by atoms with Crippen molar-refractivity contribution in [2.24, 2.45) is 0 Å². The summed E-state index contributed by atoms with van der Waals surface area (Å²) < 4.78 is 0. The van der Waals surface area contributed by atoms with Gasteiger partial charge in [-0.15, -0.1) is 0 Å². The minimum Gasteiger partial charge on any atom is -0.368 e. The number of hydrogen-bond acceptors (Lipinski definition) is 4. The second-order valence-corrected chi connectivity index (χ2v) is 5.35. The Morgan fingerprint density at radius 3 is 2.17 bits per heavy atom. The number of nitrogens with zero attached hydrogens (tertiary/aromatic N) is 2. The van der Waals surface area contributed by atoms with E-state index in [9.17, 15) is 14.4 Å². The average Bonchev–Trinajstić information content (AvgIpc) is 2.58. The summed E-state index contributed by atoms with van der Waals surface area (Å²) in [5.74, 6) is -1.30. The smallest absolute Gasteiger partial charge is 0.312 e. The molecule has 7 heteroatoms. The van der Waals surface area contributed by atoms with Crippen LogP contribution in [-0.4, -0.2) is 61.9 Å². The van der Waals surface area contributed by atoms with Gasteiger partial charge in [0.05, 0.1) is 0 Å². The van der Waals surface area contributed by atoms with Crippen LogP contribution in [-0.2, 0) is 14.4 Å². The minimum absolute atomic E-state index is 0.164. The zero-order chi connectivity index (χ0) is 16.7. The van der Waals surface area contributed by atoms with Crippen LogP contribution in [0.25, 0.3) is 0 Å². The van der Waals surface area contributed by atoms with Gasteiger partial charge in [-0.2, -0.15) is 0 Å². The molecule has 0 radical (unpaired) electrons. The molecule has 0 aliphatic carbocycles. The molecule has 1 saturated heterocycles. The van der Waals surface area contributed by atoms with Crippen molar-refractivity contribution in [2.75, 3.05) is 44.2 Å². The molecule has 2 rings (SSSR count). The van der Waals surface area contributed by atoms with Gasteiger partial charge in [-0.25, -0.2) is 0 Å². The maximum atomic E-state index is 12.1. The van der Waals surface area contributed by atoms with Crippen molar-refractivity contribution < 1.29 is 14.4 Å². The molecular formula is C16H22N4O3. The van der Waals surface area contributed by atoms with Crippen molar-refractivity contribution in [3.63, 3.8) is 0 Å². The van der Waals surface area contributed by atoms with E-state index in [0.29, 0.717) is 32.7 Å². The lowest BCUT2D eigenvalue weighted by molar-refractivity contribution is -0.146. The fourth-order valence-electron chi connectivity index (χ4n) is 2.44. The molecule has 3 amide bonds. The molecule has 1 aliphatic rings. The van der Waals surface area contributed by atoms with Crippen LogP contribution in [0, 0.1) is 0 Å². The van der Waals surface area contributed by atoms with Crippen molar-refractivity contribution in [1.82, 2.24) is 15.5 Å². The van der Waals surface area contributed by atoms with E-state index in [1.807, 2.05) is 30.3 Å². The summed E-state index contributed by atoms with van der Waals surface area (Å²) >= 11 is 0. The van der Waals surface area contributed by atoms with Crippen LogP contribution in [0.2, 0.25) is 0 Å².